The van der Waals surface area contributed by atoms with Gasteiger partial charge in [-0.1, -0.05) is 19.9 Å². The average Bonchev–Trinajstić information content (AvgIpc) is 2.49. The molecule has 0 spiro atoms. The molecule has 0 amide bonds. The molecule has 0 fully saturated rings. The largest absolute Gasteiger partial charge is 0.436 e. The molecule has 1 aromatic carbocycles. The Hall–Kier alpha value is -1.46. The molecular formula is C16H20BrN3O. The lowest BCUT2D eigenvalue weighted by molar-refractivity contribution is 0.442. The highest BCUT2D eigenvalue weighted by Crippen LogP contribution is 2.32. The Labute approximate surface area is 133 Å². The van der Waals surface area contributed by atoms with Gasteiger partial charge in [-0.3, -0.25) is 0 Å². The fourth-order valence-corrected chi connectivity index (χ4v) is 2.89. The van der Waals surface area contributed by atoms with Crippen LogP contribution in [0.4, 0.5) is 0 Å². The zero-order valence-corrected chi connectivity index (χ0v) is 14.2. The molecule has 0 atom stereocenters. The van der Waals surface area contributed by atoms with E-state index in [-0.39, 0.29) is 0 Å². The van der Waals surface area contributed by atoms with Crippen LogP contribution in [0.5, 0.6) is 11.6 Å². The van der Waals surface area contributed by atoms with Gasteiger partial charge in [0.2, 0.25) is 5.88 Å². The summed E-state index contributed by atoms with van der Waals surface area (Å²) in [5, 5.41) is 8.49. The lowest BCUT2D eigenvalue weighted by Gasteiger charge is -2.15. The van der Waals surface area contributed by atoms with Gasteiger partial charge in [-0.25, -0.2) is 0 Å². The smallest absolute Gasteiger partial charge is 0.243 e. The molecule has 5 heteroatoms. The highest BCUT2D eigenvalue weighted by atomic mass is 79.9. The molecule has 0 aliphatic heterocycles. The van der Waals surface area contributed by atoms with Gasteiger partial charge in [0.05, 0.1) is 10.2 Å². The first-order valence-corrected chi connectivity index (χ1v) is 7.91. The number of ether oxygens (including phenoxy) is 1. The van der Waals surface area contributed by atoms with E-state index in [2.05, 4.69) is 40.0 Å². The number of aromatic nitrogens is 2. The summed E-state index contributed by atoms with van der Waals surface area (Å²) in [7, 11) is 0. The predicted molar refractivity (Wildman–Crippen MR) is 87.6 cm³/mol. The van der Waals surface area contributed by atoms with Crippen molar-refractivity contribution in [3.05, 3.63) is 45.1 Å². The third-order valence-corrected chi connectivity index (χ3v) is 4.04. The first kappa shape index (κ1) is 15.9. The molecule has 2 N–H and O–H groups in total. The Kier molecular flexibility index (Phi) is 5.31. The maximum absolute atomic E-state index is 5.93. The van der Waals surface area contributed by atoms with Crippen molar-refractivity contribution < 1.29 is 4.74 Å². The van der Waals surface area contributed by atoms with Gasteiger partial charge in [-0.2, -0.15) is 5.10 Å². The van der Waals surface area contributed by atoms with Crippen LogP contribution in [0.25, 0.3) is 0 Å². The monoisotopic (exact) mass is 349 g/mol. The molecule has 1 aromatic heterocycles. The minimum absolute atomic E-state index is 0.393. The van der Waals surface area contributed by atoms with E-state index in [1.807, 2.05) is 25.1 Å². The lowest BCUT2D eigenvalue weighted by Crippen LogP contribution is -2.10. The van der Waals surface area contributed by atoms with Crippen molar-refractivity contribution in [2.24, 2.45) is 5.73 Å². The third kappa shape index (κ3) is 3.41. The molecular weight excluding hydrogens is 330 g/mol. The number of hydrogen-bond acceptors (Lipinski definition) is 4. The Morgan fingerprint density at radius 3 is 2.48 bits per heavy atom. The molecule has 0 radical (unpaired) electrons. The van der Waals surface area contributed by atoms with Gasteiger partial charge in [0.25, 0.3) is 0 Å². The lowest BCUT2D eigenvalue weighted by atomic mass is 10.0. The van der Waals surface area contributed by atoms with Gasteiger partial charge in [-0.05, 0) is 59.0 Å². The number of halogens is 1. The second-order valence-corrected chi connectivity index (χ2v) is 5.71. The van der Waals surface area contributed by atoms with Crippen LogP contribution >= 0.6 is 15.9 Å². The number of rotatable bonds is 5. The van der Waals surface area contributed by atoms with Crippen molar-refractivity contribution in [3.8, 4) is 11.6 Å². The first-order chi connectivity index (χ1) is 10.1. The third-order valence-electron chi connectivity index (χ3n) is 3.42. The second-order valence-electron chi connectivity index (χ2n) is 4.86. The van der Waals surface area contributed by atoms with Crippen molar-refractivity contribution in [2.45, 2.75) is 40.2 Å². The number of benzene rings is 1. The summed E-state index contributed by atoms with van der Waals surface area (Å²) in [4.78, 5) is 0. The summed E-state index contributed by atoms with van der Waals surface area (Å²) in [5.41, 5.74) is 10.2. The highest BCUT2D eigenvalue weighted by Gasteiger charge is 2.15. The van der Waals surface area contributed by atoms with Gasteiger partial charge in [-0.15, -0.1) is 5.10 Å². The Morgan fingerprint density at radius 2 is 1.90 bits per heavy atom. The van der Waals surface area contributed by atoms with Crippen LogP contribution in [0.1, 0.15) is 36.2 Å². The van der Waals surface area contributed by atoms with Crippen molar-refractivity contribution in [1.29, 1.82) is 0 Å². The highest BCUT2D eigenvalue weighted by molar-refractivity contribution is 9.10. The number of nitrogens with zero attached hydrogens (tertiary/aromatic N) is 2. The maximum Gasteiger partial charge on any atom is 0.243 e. The summed E-state index contributed by atoms with van der Waals surface area (Å²) in [5.74, 6) is 1.21. The quantitative estimate of drug-likeness (QED) is 0.888. The first-order valence-electron chi connectivity index (χ1n) is 7.12. The SMILES string of the molecule is CCc1nnc(Oc2ccc(C)cc2Br)c(CN)c1CC. The minimum atomic E-state index is 0.393. The zero-order valence-electron chi connectivity index (χ0n) is 12.6. The number of nitrogens with two attached hydrogens (primary N) is 1. The van der Waals surface area contributed by atoms with E-state index in [1.54, 1.807) is 0 Å². The van der Waals surface area contributed by atoms with Crippen LogP contribution in [0.2, 0.25) is 0 Å². The summed E-state index contributed by atoms with van der Waals surface area (Å²) in [6.07, 6.45) is 1.72. The molecule has 0 saturated heterocycles. The van der Waals surface area contributed by atoms with Crippen molar-refractivity contribution in [2.75, 3.05) is 0 Å². The summed E-state index contributed by atoms with van der Waals surface area (Å²) >= 11 is 3.51. The molecule has 0 bridgehead atoms. The summed E-state index contributed by atoms with van der Waals surface area (Å²) < 4.78 is 6.82. The van der Waals surface area contributed by atoms with E-state index in [4.69, 9.17) is 10.5 Å². The summed E-state index contributed by atoms with van der Waals surface area (Å²) in [6, 6.07) is 5.92. The summed E-state index contributed by atoms with van der Waals surface area (Å²) in [6.45, 7) is 6.59. The minimum Gasteiger partial charge on any atom is -0.436 e. The van der Waals surface area contributed by atoms with Crippen molar-refractivity contribution in [3.63, 3.8) is 0 Å². The van der Waals surface area contributed by atoms with E-state index in [0.29, 0.717) is 12.4 Å². The normalized spacial score (nSPS) is 10.7. The molecule has 21 heavy (non-hydrogen) atoms. The van der Waals surface area contributed by atoms with Gasteiger partial charge >= 0.3 is 0 Å². The van der Waals surface area contributed by atoms with Crippen LogP contribution in [0.15, 0.2) is 22.7 Å². The Bertz CT molecular complexity index is 644. The molecule has 0 saturated carbocycles. The van der Waals surface area contributed by atoms with Gasteiger partial charge in [0.15, 0.2) is 0 Å². The fourth-order valence-electron chi connectivity index (χ4n) is 2.32. The van der Waals surface area contributed by atoms with Crippen molar-refractivity contribution in [1.82, 2.24) is 10.2 Å². The molecule has 0 aliphatic carbocycles. The maximum atomic E-state index is 5.93. The standard InChI is InChI=1S/C16H20BrN3O/c1-4-11-12(9-18)16(20-19-14(11)5-2)21-15-7-6-10(3)8-13(15)17/h6-8H,4-5,9,18H2,1-3H3. The van der Waals surface area contributed by atoms with Crippen LogP contribution in [-0.4, -0.2) is 10.2 Å². The van der Waals surface area contributed by atoms with Gasteiger partial charge in [0.1, 0.15) is 5.75 Å². The molecule has 0 aliphatic rings. The average molecular weight is 350 g/mol. The molecule has 4 nitrogen and oxygen atoms in total. The number of aryl methyl sites for hydroxylation is 2. The Morgan fingerprint density at radius 1 is 1.14 bits per heavy atom. The van der Waals surface area contributed by atoms with Gasteiger partial charge < -0.3 is 10.5 Å². The topological polar surface area (TPSA) is 61.0 Å². The molecule has 2 aromatic rings. The molecule has 2 rings (SSSR count). The molecule has 0 unspecified atom stereocenters. The van der Waals surface area contributed by atoms with Crippen LogP contribution in [-0.2, 0) is 19.4 Å². The van der Waals surface area contributed by atoms with E-state index < -0.39 is 0 Å². The van der Waals surface area contributed by atoms with E-state index >= 15 is 0 Å². The van der Waals surface area contributed by atoms with Crippen LogP contribution < -0.4 is 10.5 Å². The second kappa shape index (κ2) is 7.00. The van der Waals surface area contributed by atoms with E-state index in [0.717, 1.165) is 45.4 Å². The van der Waals surface area contributed by atoms with Crippen LogP contribution in [0.3, 0.4) is 0 Å². The zero-order chi connectivity index (χ0) is 15.4. The van der Waals surface area contributed by atoms with Crippen LogP contribution in [0, 0.1) is 6.92 Å². The predicted octanol–water partition coefficient (Wildman–Crippen LogP) is 3.92. The fraction of sp³-hybridized carbons (Fsp3) is 0.375. The molecule has 112 valence electrons. The van der Waals surface area contributed by atoms with Crippen molar-refractivity contribution >= 4 is 15.9 Å². The number of hydrogen-bond donors (Lipinski definition) is 1. The van der Waals surface area contributed by atoms with E-state index in [1.165, 1.54) is 0 Å². The molecule has 1 heterocycles. The van der Waals surface area contributed by atoms with Gasteiger partial charge in [0, 0.05) is 12.1 Å². The Balaban J connectivity index is 2.44. The van der Waals surface area contributed by atoms with E-state index in [9.17, 15) is 0 Å².